The van der Waals surface area contributed by atoms with Gasteiger partial charge in [-0.1, -0.05) is 117 Å². The number of furan rings is 1. The fraction of sp³-hybridized carbons (Fsp3) is 0.684. The molecular formula is C38H60O4. The van der Waals surface area contributed by atoms with Gasteiger partial charge in [0.15, 0.2) is 11.5 Å². The first-order valence-electron chi connectivity index (χ1n) is 17.5. The summed E-state index contributed by atoms with van der Waals surface area (Å²) in [4.78, 5) is 0. The first kappa shape index (κ1) is 34.1. The monoisotopic (exact) mass is 580 g/mol. The molecule has 0 bridgehead atoms. The standard InChI is InChI=1S/C38H60O4/c1-6-9-12-15-18-21-26-39-33-25-24-32-35(38(33)41-28-23-20-17-14-11-8-3)36-34(42-32)29-30(4)31(5)37(36)40-27-22-19-16-13-10-7-2/h24-25,29H,6-23,26-28H2,1-5H3. The van der Waals surface area contributed by atoms with Gasteiger partial charge in [-0.25, -0.2) is 0 Å². The van der Waals surface area contributed by atoms with Crippen molar-refractivity contribution < 1.29 is 18.6 Å². The van der Waals surface area contributed by atoms with Crippen LogP contribution in [0.5, 0.6) is 17.2 Å². The molecule has 1 heterocycles. The smallest absolute Gasteiger partial charge is 0.173 e. The van der Waals surface area contributed by atoms with Gasteiger partial charge in [0, 0.05) is 0 Å². The Kier molecular flexibility index (Phi) is 16.1. The molecule has 0 saturated carbocycles. The molecular weight excluding hydrogens is 520 g/mol. The summed E-state index contributed by atoms with van der Waals surface area (Å²) in [6.07, 6.45) is 22.4. The maximum atomic E-state index is 6.60. The zero-order valence-electron chi connectivity index (χ0n) is 27.7. The quantitative estimate of drug-likeness (QED) is 0.0988. The summed E-state index contributed by atoms with van der Waals surface area (Å²) in [7, 11) is 0. The SMILES string of the molecule is CCCCCCCCOc1ccc2oc3cc(C)c(C)c(OCCCCCCCC)c3c2c1OCCCCCCCC. The van der Waals surface area contributed by atoms with Gasteiger partial charge in [0.2, 0.25) is 0 Å². The fourth-order valence-corrected chi connectivity index (χ4v) is 5.77. The van der Waals surface area contributed by atoms with E-state index in [1.165, 1.54) is 107 Å². The highest BCUT2D eigenvalue weighted by Gasteiger charge is 2.23. The maximum Gasteiger partial charge on any atom is 0.173 e. The van der Waals surface area contributed by atoms with Crippen molar-refractivity contribution >= 4 is 21.9 Å². The topological polar surface area (TPSA) is 40.8 Å². The lowest BCUT2D eigenvalue weighted by Crippen LogP contribution is -2.04. The van der Waals surface area contributed by atoms with Gasteiger partial charge in [-0.3, -0.25) is 0 Å². The van der Waals surface area contributed by atoms with Crippen LogP contribution < -0.4 is 14.2 Å². The van der Waals surface area contributed by atoms with Crippen molar-refractivity contribution in [1.29, 1.82) is 0 Å². The van der Waals surface area contributed by atoms with Gasteiger partial charge in [-0.15, -0.1) is 0 Å². The lowest BCUT2D eigenvalue weighted by Gasteiger charge is -2.16. The Balaban J connectivity index is 1.84. The van der Waals surface area contributed by atoms with E-state index in [1.807, 2.05) is 12.1 Å². The minimum Gasteiger partial charge on any atom is -0.493 e. The van der Waals surface area contributed by atoms with Gasteiger partial charge in [0.05, 0.1) is 30.6 Å². The highest BCUT2D eigenvalue weighted by atomic mass is 16.5. The number of hydrogen-bond donors (Lipinski definition) is 0. The van der Waals surface area contributed by atoms with E-state index in [-0.39, 0.29) is 0 Å². The highest BCUT2D eigenvalue weighted by molar-refractivity contribution is 6.13. The van der Waals surface area contributed by atoms with E-state index in [4.69, 9.17) is 18.6 Å². The third kappa shape index (κ3) is 10.4. The molecule has 0 unspecified atom stereocenters. The van der Waals surface area contributed by atoms with E-state index >= 15 is 0 Å². The molecule has 42 heavy (non-hydrogen) atoms. The Bertz CT molecular complexity index is 1160. The molecule has 4 nitrogen and oxygen atoms in total. The number of benzene rings is 2. The number of unbranched alkanes of at least 4 members (excludes halogenated alkanes) is 15. The van der Waals surface area contributed by atoms with Gasteiger partial charge in [-0.05, 0) is 62.4 Å². The van der Waals surface area contributed by atoms with Crippen molar-refractivity contribution in [3.8, 4) is 17.2 Å². The average molecular weight is 581 g/mol. The van der Waals surface area contributed by atoms with E-state index in [0.717, 1.165) is 65.1 Å². The number of fused-ring (bicyclic) bond motifs is 3. The van der Waals surface area contributed by atoms with Gasteiger partial charge in [0.1, 0.15) is 16.9 Å². The number of ether oxygens (including phenoxy) is 3. The minimum atomic E-state index is 0.685. The number of rotatable bonds is 24. The van der Waals surface area contributed by atoms with Crippen LogP contribution in [0.15, 0.2) is 22.6 Å². The zero-order chi connectivity index (χ0) is 30.0. The summed E-state index contributed by atoms with van der Waals surface area (Å²) in [6, 6.07) is 6.23. The molecule has 0 fully saturated rings. The Hall–Kier alpha value is -2.36. The predicted octanol–water partition coefficient (Wildman–Crippen LogP) is 12.4. The molecule has 0 atom stereocenters. The second-order valence-electron chi connectivity index (χ2n) is 12.2. The van der Waals surface area contributed by atoms with Gasteiger partial charge in [-0.2, -0.15) is 0 Å². The van der Waals surface area contributed by atoms with Gasteiger partial charge < -0.3 is 18.6 Å². The lowest BCUT2D eigenvalue weighted by molar-refractivity contribution is 0.261. The fourth-order valence-electron chi connectivity index (χ4n) is 5.77. The van der Waals surface area contributed by atoms with Crippen molar-refractivity contribution in [3.63, 3.8) is 0 Å². The van der Waals surface area contributed by atoms with E-state index in [9.17, 15) is 0 Å². The Morgan fingerprint density at radius 1 is 0.500 bits per heavy atom. The van der Waals surface area contributed by atoms with E-state index < -0.39 is 0 Å². The van der Waals surface area contributed by atoms with Crippen LogP contribution >= 0.6 is 0 Å². The van der Waals surface area contributed by atoms with Crippen molar-refractivity contribution in [2.75, 3.05) is 19.8 Å². The summed E-state index contributed by atoms with van der Waals surface area (Å²) < 4.78 is 26.0. The van der Waals surface area contributed by atoms with Crippen molar-refractivity contribution in [2.24, 2.45) is 0 Å². The summed E-state index contributed by atoms with van der Waals surface area (Å²) in [6.45, 7) is 13.2. The Morgan fingerprint density at radius 3 is 1.50 bits per heavy atom. The molecule has 4 heteroatoms. The molecule has 3 aromatic rings. The molecule has 0 aliphatic heterocycles. The second-order valence-corrected chi connectivity index (χ2v) is 12.2. The van der Waals surface area contributed by atoms with E-state index in [1.54, 1.807) is 0 Å². The third-order valence-corrected chi connectivity index (χ3v) is 8.55. The molecule has 0 aliphatic carbocycles. The largest absolute Gasteiger partial charge is 0.493 e. The molecule has 0 aliphatic rings. The summed E-state index contributed by atoms with van der Waals surface area (Å²) in [5, 5.41) is 2.03. The molecule has 2 aromatic carbocycles. The Morgan fingerprint density at radius 2 is 0.952 bits per heavy atom. The van der Waals surface area contributed by atoms with Crippen LogP contribution in [0.1, 0.15) is 147 Å². The molecule has 0 radical (unpaired) electrons. The summed E-state index contributed by atoms with van der Waals surface area (Å²) >= 11 is 0. The molecule has 0 saturated heterocycles. The third-order valence-electron chi connectivity index (χ3n) is 8.55. The normalized spacial score (nSPS) is 11.5. The van der Waals surface area contributed by atoms with Crippen LogP contribution in [-0.2, 0) is 0 Å². The van der Waals surface area contributed by atoms with Crippen LogP contribution in [0.4, 0.5) is 0 Å². The molecule has 0 amide bonds. The van der Waals surface area contributed by atoms with Gasteiger partial charge in [0.25, 0.3) is 0 Å². The molecule has 3 rings (SSSR count). The Labute approximate surface area is 256 Å². The first-order valence-corrected chi connectivity index (χ1v) is 17.5. The van der Waals surface area contributed by atoms with Crippen molar-refractivity contribution in [2.45, 2.75) is 150 Å². The highest BCUT2D eigenvalue weighted by Crippen LogP contribution is 2.47. The van der Waals surface area contributed by atoms with Crippen LogP contribution in [0.3, 0.4) is 0 Å². The summed E-state index contributed by atoms with van der Waals surface area (Å²) in [5.41, 5.74) is 4.07. The van der Waals surface area contributed by atoms with Crippen molar-refractivity contribution in [3.05, 3.63) is 29.3 Å². The zero-order valence-corrected chi connectivity index (χ0v) is 27.7. The maximum absolute atomic E-state index is 6.60. The summed E-state index contributed by atoms with van der Waals surface area (Å²) in [5.74, 6) is 2.58. The van der Waals surface area contributed by atoms with Crippen LogP contribution in [-0.4, -0.2) is 19.8 Å². The number of hydrogen-bond acceptors (Lipinski definition) is 4. The molecule has 0 N–H and O–H groups in total. The van der Waals surface area contributed by atoms with E-state index in [0.29, 0.717) is 13.2 Å². The minimum absolute atomic E-state index is 0.685. The molecule has 236 valence electrons. The number of aryl methyl sites for hydroxylation is 1. The molecule has 0 spiro atoms. The second kappa shape index (κ2) is 19.8. The van der Waals surface area contributed by atoms with Crippen LogP contribution in [0.2, 0.25) is 0 Å². The predicted molar refractivity (Wildman–Crippen MR) is 180 cm³/mol. The van der Waals surface area contributed by atoms with Crippen LogP contribution in [0.25, 0.3) is 21.9 Å². The van der Waals surface area contributed by atoms with Crippen molar-refractivity contribution in [1.82, 2.24) is 0 Å². The lowest BCUT2D eigenvalue weighted by atomic mass is 10.0. The van der Waals surface area contributed by atoms with Crippen LogP contribution in [0, 0.1) is 13.8 Å². The molecule has 1 aromatic heterocycles. The first-order chi connectivity index (χ1) is 20.6. The van der Waals surface area contributed by atoms with Gasteiger partial charge >= 0.3 is 0 Å². The van der Waals surface area contributed by atoms with E-state index in [2.05, 4.69) is 40.7 Å². The average Bonchev–Trinajstić information content (AvgIpc) is 3.36.